The highest BCUT2D eigenvalue weighted by Crippen LogP contribution is 2.33. The summed E-state index contributed by atoms with van der Waals surface area (Å²) in [4.78, 5) is 24.9. The summed E-state index contributed by atoms with van der Waals surface area (Å²) in [6.45, 7) is 2.59. The number of methoxy groups -OCH3 is 1. The van der Waals surface area contributed by atoms with Crippen molar-refractivity contribution < 1.29 is 9.53 Å². The van der Waals surface area contributed by atoms with Gasteiger partial charge in [-0.15, -0.1) is 0 Å². The van der Waals surface area contributed by atoms with Crippen LogP contribution in [0.15, 0.2) is 73.4 Å². The first-order valence-electron chi connectivity index (χ1n) is 11.0. The third kappa shape index (κ3) is 4.25. The molecule has 0 saturated carbocycles. The van der Waals surface area contributed by atoms with Gasteiger partial charge in [0.25, 0.3) is 0 Å². The van der Waals surface area contributed by atoms with Gasteiger partial charge < -0.3 is 19.9 Å². The van der Waals surface area contributed by atoms with E-state index in [0.717, 1.165) is 28.5 Å². The van der Waals surface area contributed by atoms with Gasteiger partial charge in [0.1, 0.15) is 17.9 Å². The molecule has 8 nitrogen and oxygen atoms in total. The molecular weight excluding hydrogens is 428 g/mol. The van der Waals surface area contributed by atoms with E-state index in [2.05, 4.69) is 54.5 Å². The Hall–Kier alpha value is -4.46. The van der Waals surface area contributed by atoms with Crippen LogP contribution in [0, 0.1) is 0 Å². The van der Waals surface area contributed by atoms with Crippen LogP contribution in [0.2, 0.25) is 0 Å². The van der Waals surface area contributed by atoms with Gasteiger partial charge in [-0.1, -0.05) is 6.92 Å². The molecule has 0 radical (unpaired) electrons. The zero-order valence-electron chi connectivity index (χ0n) is 18.9. The molecule has 2 aromatic carbocycles. The van der Waals surface area contributed by atoms with Gasteiger partial charge in [-0.25, -0.2) is 9.97 Å². The van der Waals surface area contributed by atoms with Crippen molar-refractivity contribution in [2.24, 2.45) is 0 Å². The van der Waals surface area contributed by atoms with E-state index in [1.807, 2.05) is 36.7 Å². The Balaban J connectivity index is 1.47. The number of carbonyl (C=O) groups excluding carboxylic acids is 1. The molecule has 170 valence electrons. The van der Waals surface area contributed by atoms with Crippen LogP contribution in [0.5, 0.6) is 5.75 Å². The van der Waals surface area contributed by atoms with E-state index in [1.54, 1.807) is 20.1 Å². The quantitative estimate of drug-likeness (QED) is 0.356. The Kier molecular flexibility index (Phi) is 5.78. The summed E-state index contributed by atoms with van der Waals surface area (Å²) < 4.78 is 7.66. The van der Waals surface area contributed by atoms with Crippen molar-refractivity contribution in [3.8, 4) is 5.75 Å². The van der Waals surface area contributed by atoms with Crippen LogP contribution in [-0.2, 0) is 11.3 Å². The fourth-order valence-electron chi connectivity index (χ4n) is 3.93. The normalized spacial score (nSPS) is 11.0. The first-order chi connectivity index (χ1) is 16.6. The van der Waals surface area contributed by atoms with Crippen LogP contribution in [0.25, 0.3) is 21.8 Å². The third-order valence-electron chi connectivity index (χ3n) is 5.69. The topological polar surface area (TPSA) is 94.0 Å². The van der Waals surface area contributed by atoms with Crippen LogP contribution in [0.4, 0.5) is 17.2 Å². The zero-order valence-corrected chi connectivity index (χ0v) is 18.9. The van der Waals surface area contributed by atoms with Crippen molar-refractivity contribution >= 4 is 44.9 Å². The van der Waals surface area contributed by atoms with Gasteiger partial charge in [0.2, 0.25) is 5.91 Å². The molecule has 0 unspecified atom stereocenters. The van der Waals surface area contributed by atoms with Gasteiger partial charge in [-0.05, 0) is 48.0 Å². The number of pyridine rings is 1. The van der Waals surface area contributed by atoms with E-state index in [-0.39, 0.29) is 5.91 Å². The van der Waals surface area contributed by atoms with E-state index in [9.17, 15) is 4.79 Å². The van der Waals surface area contributed by atoms with E-state index in [1.165, 1.54) is 11.9 Å². The maximum absolute atomic E-state index is 12.0. The number of nitrogens with zero attached hydrogens (tertiary/aromatic N) is 4. The Morgan fingerprint density at radius 2 is 1.91 bits per heavy atom. The number of amides is 1. The molecule has 0 atom stereocenters. The minimum Gasteiger partial charge on any atom is -0.494 e. The SMILES string of the molecule is CCC(=O)Nc1cc2c(Nc3ccc4c(ccn4Cc4ccncc4)c3)ncnc2cc1OC. The fraction of sp³-hybridized carbons (Fsp3) is 0.154. The Morgan fingerprint density at radius 1 is 1.06 bits per heavy atom. The molecule has 3 aromatic heterocycles. The maximum Gasteiger partial charge on any atom is 0.224 e. The Morgan fingerprint density at radius 3 is 2.71 bits per heavy atom. The second kappa shape index (κ2) is 9.19. The predicted molar refractivity (Wildman–Crippen MR) is 134 cm³/mol. The molecule has 8 heteroatoms. The molecule has 3 heterocycles. The van der Waals surface area contributed by atoms with Crippen LogP contribution in [-0.4, -0.2) is 32.5 Å². The second-order valence-electron chi connectivity index (χ2n) is 7.89. The number of rotatable bonds is 7. The standard InChI is InChI=1S/C26H24N6O2/c1-3-25(33)31-22-13-20-21(14-24(22)34-2)28-16-29-26(20)30-19-4-5-23-18(12-19)8-11-32(23)15-17-6-9-27-10-7-17/h4-14,16H,3,15H2,1-2H3,(H,31,33)(H,28,29,30). The largest absolute Gasteiger partial charge is 0.494 e. The highest BCUT2D eigenvalue weighted by molar-refractivity contribution is 5.99. The second-order valence-corrected chi connectivity index (χ2v) is 7.89. The highest BCUT2D eigenvalue weighted by Gasteiger charge is 2.13. The maximum atomic E-state index is 12.0. The summed E-state index contributed by atoms with van der Waals surface area (Å²) >= 11 is 0. The summed E-state index contributed by atoms with van der Waals surface area (Å²) in [6.07, 6.45) is 7.59. The van der Waals surface area contributed by atoms with Crippen molar-refractivity contribution in [1.29, 1.82) is 0 Å². The minimum absolute atomic E-state index is 0.0919. The molecule has 0 bridgehead atoms. The molecule has 5 rings (SSSR count). The highest BCUT2D eigenvalue weighted by atomic mass is 16.5. The number of nitrogens with one attached hydrogen (secondary N) is 2. The van der Waals surface area contributed by atoms with Crippen LogP contribution in [0.1, 0.15) is 18.9 Å². The lowest BCUT2D eigenvalue weighted by atomic mass is 10.1. The number of hydrogen-bond acceptors (Lipinski definition) is 6. The molecule has 0 aliphatic heterocycles. The minimum atomic E-state index is -0.0919. The molecule has 5 aromatic rings. The molecule has 1 amide bonds. The molecule has 0 fully saturated rings. The smallest absolute Gasteiger partial charge is 0.224 e. The Bertz CT molecular complexity index is 1480. The molecule has 0 aliphatic carbocycles. The Labute approximate surface area is 196 Å². The van der Waals surface area contributed by atoms with Gasteiger partial charge in [0, 0.05) is 59.6 Å². The molecule has 0 aliphatic rings. The number of carbonyl (C=O) groups is 1. The molecule has 0 spiro atoms. The monoisotopic (exact) mass is 452 g/mol. The first-order valence-corrected chi connectivity index (χ1v) is 11.0. The fourth-order valence-corrected chi connectivity index (χ4v) is 3.93. The molecular formula is C26H24N6O2. The zero-order chi connectivity index (χ0) is 23.5. The van der Waals surface area contributed by atoms with Crippen molar-refractivity contribution in [2.75, 3.05) is 17.7 Å². The summed E-state index contributed by atoms with van der Waals surface area (Å²) in [5.74, 6) is 1.11. The summed E-state index contributed by atoms with van der Waals surface area (Å²) in [7, 11) is 1.57. The van der Waals surface area contributed by atoms with Gasteiger partial charge in [-0.3, -0.25) is 9.78 Å². The number of hydrogen-bond donors (Lipinski definition) is 2. The lowest BCUT2D eigenvalue weighted by molar-refractivity contribution is -0.115. The van der Waals surface area contributed by atoms with Crippen LogP contribution < -0.4 is 15.4 Å². The number of anilines is 3. The third-order valence-corrected chi connectivity index (χ3v) is 5.69. The van der Waals surface area contributed by atoms with E-state index in [0.29, 0.717) is 29.2 Å². The number of benzene rings is 2. The number of ether oxygens (including phenoxy) is 1. The predicted octanol–water partition coefficient (Wildman–Crippen LogP) is 5.13. The van der Waals surface area contributed by atoms with Crippen molar-refractivity contribution in [3.63, 3.8) is 0 Å². The van der Waals surface area contributed by atoms with E-state index < -0.39 is 0 Å². The van der Waals surface area contributed by atoms with Crippen molar-refractivity contribution in [3.05, 3.63) is 79.0 Å². The summed E-state index contributed by atoms with van der Waals surface area (Å²) in [6, 6.07) is 16.0. The van der Waals surface area contributed by atoms with Crippen molar-refractivity contribution in [2.45, 2.75) is 19.9 Å². The van der Waals surface area contributed by atoms with Gasteiger partial charge in [-0.2, -0.15) is 0 Å². The molecule has 2 N–H and O–H groups in total. The summed E-state index contributed by atoms with van der Waals surface area (Å²) in [5, 5.41) is 8.20. The molecule has 0 saturated heterocycles. The average molecular weight is 453 g/mol. The van der Waals surface area contributed by atoms with E-state index >= 15 is 0 Å². The van der Waals surface area contributed by atoms with E-state index in [4.69, 9.17) is 4.74 Å². The average Bonchev–Trinajstić information content (AvgIpc) is 3.26. The van der Waals surface area contributed by atoms with Crippen LogP contribution in [0.3, 0.4) is 0 Å². The van der Waals surface area contributed by atoms with Crippen molar-refractivity contribution in [1.82, 2.24) is 19.5 Å². The van der Waals surface area contributed by atoms with Gasteiger partial charge >= 0.3 is 0 Å². The summed E-state index contributed by atoms with van der Waals surface area (Å²) in [5.41, 5.74) is 4.55. The van der Waals surface area contributed by atoms with Gasteiger partial charge in [0.15, 0.2) is 0 Å². The molecule has 34 heavy (non-hydrogen) atoms. The first kappa shape index (κ1) is 21.4. The lowest BCUT2D eigenvalue weighted by Gasteiger charge is -2.14. The number of fused-ring (bicyclic) bond motifs is 2. The number of aromatic nitrogens is 4. The lowest BCUT2D eigenvalue weighted by Crippen LogP contribution is -2.10. The van der Waals surface area contributed by atoms with Gasteiger partial charge in [0.05, 0.1) is 18.3 Å². The van der Waals surface area contributed by atoms with Crippen LogP contribution >= 0.6 is 0 Å².